The van der Waals surface area contributed by atoms with Crippen LogP contribution in [-0.2, 0) is 20.1 Å². The van der Waals surface area contributed by atoms with Crippen molar-refractivity contribution in [2.24, 2.45) is 0 Å². The molecule has 5 aromatic rings. The average molecular weight is 623 g/mol. The number of fused-ring (bicyclic) bond motifs is 3. The number of nitrogens with zero attached hydrogens (tertiary/aromatic N) is 2. The van der Waals surface area contributed by atoms with Crippen molar-refractivity contribution < 1.29 is 24.5 Å². The zero-order valence-electron chi connectivity index (χ0n) is 16.2. The van der Waals surface area contributed by atoms with Gasteiger partial charge in [-0.25, -0.2) is 0 Å². The first-order valence-electron chi connectivity index (χ1n) is 9.18. The van der Waals surface area contributed by atoms with E-state index in [1.54, 1.807) is 0 Å². The van der Waals surface area contributed by atoms with Gasteiger partial charge in [-0.3, -0.25) is 4.98 Å². The number of aromatic nitrogens is 2. The normalized spacial score (nSPS) is 11.2. The summed E-state index contributed by atoms with van der Waals surface area (Å²) < 4.78 is 9.13. The first kappa shape index (κ1) is 20.1. The number of aryl methyl sites for hydroxylation is 3. The molecule has 0 bridgehead atoms. The molecule has 0 aliphatic rings. The summed E-state index contributed by atoms with van der Waals surface area (Å²) in [4.78, 5) is 4.77. The van der Waals surface area contributed by atoms with Gasteiger partial charge in [0, 0.05) is 37.4 Å². The molecule has 2 heterocycles. The maximum Gasteiger partial charge on any atom is 0.120 e. The number of benzene rings is 3. The fraction of sp³-hybridized carbons (Fsp3) is 0.125. The van der Waals surface area contributed by atoms with Gasteiger partial charge >= 0.3 is 0 Å². The van der Waals surface area contributed by atoms with E-state index in [-0.39, 0.29) is 20.1 Å². The van der Waals surface area contributed by atoms with E-state index >= 15 is 0 Å². The molecule has 3 aromatic carbocycles. The Bertz CT molecular complexity index is 1340. The van der Waals surface area contributed by atoms with Crippen LogP contribution >= 0.6 is 15.9 Å². The van der Waals surface area contributed by atoms with Crippen LogP contribution in [0.25, 0.3) is 39.0 Å². The van der Waals surface area contributed by atoms with Crippen molar-refractivity contribution in [3.05, 3.63) is 82.1 Å². The molecule has 1 radical (unpaired) electrons. The van der Waals surface area contributed by atoms with Gasteiger partial charge in [0.25, 0.3) is 0 Å². The molecule has 0 unspecified atom stereocenters. The summed E-state index contributed by atoms with van der Waals surface area (Å²) in [6.07, 6.45) is 2.01. The van der Waals surface area contributed by atoms with E-state index in [4.69, 9.17) is 9.40 Å². The maximum absolute atomic E-state index is 6.22. The van der Waals surface area contributed by atoms with Gasteiger partial charge in [-0.05, 0) is 53.9 Å². The SMILES string of the molecule is Cc1cc(C)c(-n2cc(Br)nc2-c2[c-]ccc3c2oc2ccccc23)c(C)c1.[Ir]. The molecule has 147 valence electrons. The van der Waals surface area contributed by atoms with Crippen molar-refractivity contribution in [2.45, 2.75) is 20.8 Å². The van der Waals surface area contributed by atoms with Crippen LogP contribution in [0.2, 0.25) is 0 Å². The minimum Gasteiger partial charge on any atom is -0.501 e. The standard InChI is InChI=1S/C24H18BrN2O.Ir/c1-14-11-15(2)22(16(3)12-14)27-13-21(25)26-24(27)19-9-6-8-18-17-7-4-5-10-20(17)28-23(18)19;/h4-8,10-13H,1-3H3;/q-1;. The van der Waals surface area contributed by atoms with Crippen LogP contribution in [0.4, 0.5) is 0 Å². The molecule has 5 heteroatoms. The quantitative estimate of drug-likeness (QED) is 0.200. The zero-order chi connectivity index (χ0) is 19.4. The van der Waals surface area contributed by atoms with Crippen LogP contribution in [0, 0.1) is 26.8 Å². The van der Waals surface area contributed by atoms with Crippen molar-refractivity contribution in [3.8, 4) is 17.1 Å². The Kier molecular flexibility index (Phi) is 5.24. The second-order valence-electron chi connectivity index (χ2n) is 7.20. The van der Waals surface area contributed by atoms with Gasteiger partial charge in [0.1, 0.15) is 10.2 Å². The van der Waals surface area contributed by atoms with Crippen LogP contribution in [0.1, 0.15) is 16.7 Å². The summed E-state index contributed by atoms with van der Waals surface area (Å²) in [5.74, 6) is 0.812. The molecule has 29 heavy (non-hydrogen) atoms. The molecule has 0 N–H and O–H groups in total. The summed E-state index contributed by atoms with van der Waals surface area (Å²) in [5, 5.41) is 2.18. The van der Waals surface area contributed by atoms with Gasteiger partial charge in [0.2, 0.25) is 0 Å². The van der Waals surface area contributed by atoms with Crippen LogP contribution in [0.3, 0.4) is 0 Å². The third kappa shape index (κ3) is 3.27. The molecule has 3 nitrogen and oxygen atoms in total. The van der Waals surface area contributed by atoms with Crippen LogP contribution in [0.15, 0.2) is 63.7 Å². The zero-order valence-corrected chi connectivity index (χ0v) is 20.2. The Morgan fingerprint density at radius 1 is 1.00 bits per heavy atom. The van der Waals surface area contributed by atoms with Crippen molar-refractivity contribution in [2.75, 3.05) is 0 Å². The molecular weight excluding hydrogens is 604 g/mol. The number of rotatable bonds is 2. The predicted octanol–water partition coefficient (Wildman–Crippen LogP) is 6.92. The number of hydrogen-bond donors (Lipinski definition) is 0. The van der Waals surface area contributed by atoms with Crippen molar-refractivity contribution in [1.29, 1.82) is 0 Å². The molecule has 2 aromatic heterocycles. The Hall–Kier alpha value is -2.20. The smallest absolute Gasteiger partial charge is 0.120 e. The fourth-order valence-electron chi connectivity index (χ4n) is 4.11. The second-order valence-corrected chi connectivity index (χ2v) is 8.01. The molecule has 0 fully saturated rings. The summed E-state index contributed by atoms with van der Waals surface area (Å²) in [6, 6.07) is 19.9. The fourth-order valence-corrected chi connectivity index (χ4v) is 4.48. The number of hydrogen-bond acceptors (Lipinski definition) is 2. The Morgan fingerprint density at radius 3 is 2.48 bits per heavy atom. The molecular formula is C24H18BrIrN2O-. The van der Waals surface area contributed by atoms with Gasteiger partial charge in [0.15, 0.2) is 0 Å². The molecule has 0 spiro atoms. The minimum atomic E-state index is 0. The first-order chi connectivity index (χ1) is 13.5. The molecule has 0 saturated carbocycles. The third-order valence-electron chi connectivity index (χ3n) is 5.12. The Balaban J connectivity index is 0.00000205. The van der Waals surface area contributed by atoms with Crippen molar-refractivity contribution in [1.82, 2.24) is 9.55 Å². The van der Waals surface area contributed by atoms with Crippen molar-refractivity contribution >= 4 is 37.9 Å². The van der Waals surface area contributed by atoms with E-state index < -0.39 is 0 Å². The largest absolute Gasteiger partial charge is 0.501 e. The van der Waals surface area contributed by atoms with Gasteiger partial charge in [-0.1, -0.05) is 46.8 Å². The third-order valence-corrected chi connectivity index (χ3v) is 5.50. The number of imidazole rings is 1. The van der Waals surface area contributed by atoms with Crippen LogP contribution in [0.5, 0.6) is 0 Å². The molecule has 0 aliphatic heterocycles. The Morgan fingerprint density at radius 2 is 1.72 bits per heavy atom. The van der Waals surface area contributed by atoms with E-state index in [0.717, 1.165) is 43.6 Å². The topological polar surface area (TPSA) is 31.0 Å². The first-order valence-corrected chi connectivity index (χ1v) is 9.97. The van der Waals surface area contributed by atoms with Crippen LogP contribution < -0.4 is 0 Å². The molecule has 0 saturated heterocycles. The minimum absolute atomic E-state index is 0. The molecule has 0 aliphatic carbocycles. The summed E-state index contributed by atoms with van der Waals surface area (Å²) >= 11 is 3.56. The van der Waals surface area contributed by atoms with Gasteiger partial charge in [-0.2, -0.15) is 0 Å². The van der Waals surface area contributed by atoms with E-state index in [1.807, 2.05) is 30.5 Å². The van der Waals surface area contributed by atoms with Gasteiger partial charge in [-0.15, -0.1) is 18.2 Å². The summed E-state index contributed by atoms with van der Waals surface area (Å²) in [6.45, 7) is 6.40. The molecule has 5 rings (SSSR count). The summed E-state index contributed by atoms with van der Waals surface area (Å²) in [7, 11) is 0. The molecule has 0 atom stereocenters. The van der Waals surface area contributed by atoms with E-state index in [9.17, 15) is 0 Å². The second kappa shape index (κ2) is 7.56. The number of halogens is 1. The average Bonchev–Trinajstić information content (AvgIpc) is 3.21. The van der Waals surface area contributed by atoms with E-state index in [0.29, 0.717) is 0 Å². The van der Waals surface area contributed by atoms with Gasteiger partial charge in [0.05, 0.1) is 11.4 Å². The van der Waals surface area contributed by atoms with Gasteiger partial charge < -0.3 is 8.98 Å². The summed E-state index contributed by atoms with van der Waals surface area (Å²) in [5.41, 5.74) is 7.36. The number of furan rings is 1. The maximum atomic E-state index is 6.22. The number of para-hydroxylation sites is 1. The monoisotopic (exact) mass is 622 g/mol. The predicted molar refractivity (Wildman–Crippen MR) is 117 cm³/mol. The Labute approximate surface area is 191 Å². The molecule has 0 amide bonds. The van der Waals surface area contributed by atoms with E-state index in [2.05, 4.69) is 71.6 Å². The van der Waals surface area contributed by atoms with Crippen molar-refractivity contribution in [3.63, 3.8) is 0 Å². The van der Waals surface area contributed by atoms with Crippen LogP contribution in [-0.4, -0.2) is 9.55 Å². The van der Waals surface area contributed by atoms with E-state index in [1.165, 1.54) is 16.7 Å².